The molecule has 1 aromatic heterocycles. The Morgan fingerprint density at radius 1 is 0.957 bits per heavy atom. The van der Waals surface area contributed by atoms with Crippen molar-refractivity contribution >= 4 is 17.6 Å². The molecule has 0 spiro atoms. The molecule has 0 bridgehead atoms. The van der Waals surface area contributed by atoms with E-state index in [0.29, 0.717) is 11.4 Å². The Labute approximate surface area is 139 Å². The Bertz CT molecular complexity index is 807. The van der Waals surface area contributed by atoms with E-state index in [1.54, 1.807) is 0 Å². The van der Waals surface area contributed by atoms with E-state index in [9.17, 15) is 9.90 Å². The Balaban J connectivity index is 2.10. The average Bonchev–Trinajstić information content (AvgIpc) is 2.98. The number of carboxylic acids is 1. The molecule has 0 saturated heterocycles. The van der Waals surface area contributed by atoms with E-state index in [0.717, 1.165) is 22.6 Å². The standard InChI is InChI=1S/C19H16ClNO2/c20-15-6-8-16(9-7-15)21-17(11-13-19(22)23)10-12-18(21)14-4-2-1-3-5-14/h1-10,12H,11,13H2,(H,22,23)/p-1. The van der Waals surface area contributed by atoms with Crippen LogP contribution in [0.1, 0.15) is 12.1 Å². The quantitative estimate of drug-likeness (QED) is 0.721. The van der Waals surface area contributed by atoms with Crippen molar-refractivity contribution in [1.82, 2.24) is 4.57 Å². The van der Waals surface area contributed by atoms with Crippen LogP contribution in [0, 0.1) is 0 Å². The molecule has 2 aromatic carbocycles. The summed E-state index contributed by atoms with van der Waals surface area (Å²) in [6.07, 6.45) is 0.406. The number of aromatic nitrogens is 1. The fourth-order valence-electron chi connectivity index (χ4n) is 2.63. The third-order valence-electron chi connectivity index (χ3n) is 3.70. The third-order valence-corrected chi connectivity index (χ3v) is 3.95. The molecular formula is C19H15ClNO2-. The first kappa shape index (κ1) is 15.4. The second kappa shape index (κ2) is 6.71. The minimum Gasteiger partial charge on any atom is -0.550 e. The Hall–Kier alpha value is -2.52. The summed E-state index contributed by atoms with van der Waals surface area (Å²) in [5.74, 6) is -1.05. The maximum absolute atomic E-state index is 10.8. The van der Waals surface area contributed by atoms with Gasteiger partial charge in [-0.15, -0.1) is 0 Å². The molecule has 0 saturated carbocycles. The van der Waals surface area contributed by atoms with Crippen LogP contribution in [-0.2, 0) is 11.2 Å². The third kappa shape index (κ3) is 3.46. The van der Waals surface area contributed by atoms with E-state index < -0.39 is 5.97 Å². The molecule has 0 atom stereocenters. The minimum atomic E-state index is -1.05. The molecule has 0 aliphatic rings. The fourth-order valence-corrected chi connectivity index (χ4v) is 2.76. The molecular weight excluding hydrogens is 310 g/mol. The van der Waals surface area contributed by atoms with Gasteiger partial charge in [-0.05, 0) is 54.8 Å². The number of carbonyl (C=O) groups is 1. The zero-order valence-electron chi connectivity index (χ0n) is 12.4. The van der Waals surface area contributed by atoms with Gasteiger partial charge in [0.1, 0.15) is 0 Å². The monoisotopic (exact) mass is 324 g/mol. The van der Waals surface area contributed by atoms with Crippen LogP contribution in [0.5, 0.6) is 0 Å². The summed E-state index contributed by atoms with van der Waals surface area (Å²) in [6, 6.07) is 21.5. The molecule has 3 rings (SSSR count). The number of nitrogens with zero attached hydrogens (tertiary/aromatic N) is 1. The number of hydrogen-bond acceptors (Lipinski definition) is 2. The van der Waals surface area contributed by atoms with Gasteiger partial charge in [-0.25, -0.2) is 0 Å². The van der Waals surface area contributed by atoms with Crippen LogP contribution < -0.4 is 5.11 Å². The van der Waals surface area contributed by atoms with E-state index in [1.165, 1.54) is 0 Å². The SMILES string of the molecule is O=C([O-])CCc1ccc(-c2ccccc2)n1-c1ccc(Cl)cc1. The van der Waals surface area contributed by atoms with E-state index >= 15 is 0 Å². The van der Waals surface area contributed by atoms with Crippen molar-refractivity contribution in [2.45, 2.75) is 12.8 Å². The Morgan fingerprint density at radius 3 is 2.30 bits per heavy atom. The minimum absolute atomic E-state index is 0.00810. The molecule has 23 heavy (non-hydrogen) atoms. The van der Waals surface area contributed by atoms with Crippen molar-refractivity contribution in [1.29, 1.82) is 0 Å². The molecule has 0 unspecified atom stereocenters. The number of carbonyl (C=O) groups excluding carboxylic acids is 1. The second-order valence-corrected chi connectivity index (χ2v) is 5.70. The number of carboxylic acid groups (broad SMARTS) is 1. The van der Waals surface area contributed by atoms with Crippen LogP contribution in [0.3, 0.4) is 0 Å². The topological polar surface area (TPSA) is 45.1 Å². The van der Waals surface area contributed by atoms with Crippen LogP contribution in [0.4, 0.5) is 0 Å². The summed E-state index contributed by atoms with van der Waals surface area (Å²) in [5.41, 5.74) is 3.96. The van der Waals surface area contributed by atoms with Crippen LogP contribution in [0.2, 0.25) is 5.02 Å². The molecule has 0 aliphatic heterocycles. The summed E-state index contributed by atoms with van der Waals surface area (Å²) in [6.45, 7) is 0. The molecule has 3 nitrogen and oxygen atoms in total. The summed E-state index contributed by atoms with van der Waals surface area (Å²) in [5, 5.41) is 11.5. The maximum Gasteiger partial charge on any atom is 0.0531 e. The van der Waals surface area contributed by atoms with Crippen molar-refractivity contribution in [2.24, 2.45) is 0 Å². The summed E-state index contributed by atoms with van der Waals surface area (Å²) in [7, 11) is 0. The smallest absolute Gasteiger partial charge is 0.0531 e. The maximum atomic E-state index is 10.8. The predicted octanol–water partition coefficient (Wildman–Crippen LogP) is 3.48. The Kier molecular flexibility index (Phi) is 4.49. The lowest BCUT2D eigenvalue weighted by Crippen LogP contribution is -2.22. The van der Waals surface area contributed by atoms with Gasteiger partial charge < -0.3 is 14.5 Å². The molecule has 1 heterocycles. The highest BCUT2D eigenvalue weighted by Gasteiger charge is 2.11. The van der Waals surface area contributed by atoms with Crippen molar-refractivity contribution < 1.29 is 9.90 Å². The first-order chi connectivity index (χ1) is 11.1. The Morgan fingerprint density at radius 2 is 1.65 bits per heavy atom. The number of aryl methyl sites for hydroxylation is 1. The molecule has 0 N–H and O–H groups in total. The van der Waals surface area contributed by atoms with Crippen molar-refractivity contribution in [3.05, 3.63) is 77.4 Å². The highest BCUT2D eigenvalue weighted by atomic mass is 35.5. The van der Waals surface area contributed by atoms with Gasteiger partial charge in [-0.1, -0.05) is 41.9 Å². The van der Waals surface area contributed by atoms with Crippen LogP contribution in [0.25, 0.3) is 16.9 Å². The number of halogens is 1. The summed E-state index contributed by atoms with van der Waals surface area (Å²) in [4.78, 5) is 10.8. The largest absolute Gasteiger partial charge is 0.550 e. The number of rotatable bonds is 5. The van der Waals surface area contributed by atoms with Crippen molar-refractivity contribution in [2.75, 3.05) is 0 Å². The molecule has 4 heteroatoms. The predicted molar refractivity (Wildman–Crippen MR) is 89.5 cm³/mol. The molecule has 3 aromatic rings. The van der Waals surface area contributed by atoms with Gasteiger partial charge in [0.05, 0.1) is 5.69 Å². The lowest BCUT2D eigenvalue weighted by atomic mass is 10.1. The van der Waals surface area contributed by atoms with Gasteiger partial charge in [-0.2, -0.15) is 0 Å². The molecule has 0 amide bonds. The molecule has 0 radical (unpaired) electrons. The van der Waals surface area contributed by atoms with E-state index in [-0.39, 0.29) is 6.42 Å². The number of hydrogen-bond donors (Lipinski definition) is 0. The second-order valence-electron chi connectivity index (χ2n) is 5.26. The van der Waals surface area contributed by atoms with Gasteiger partial charge in [0, 0.05) is 22.4 Å². The summed E-state index contributed by atoms with van der Waals surface area (Å²) >= 11 is 5.98. The highest BCUT2D eigenvalue weighted by Crippen LogP contribution is 2.28. The van der Waals surface area contributed by atoms with E-state index in [4.69, 9.17) is 11.6 Å². The first-order valence-corrected chi connectivity index (χ1v) is 7.75. The van der Waals surface area contributed by atoms with Crippen molar-refractivity contribution in [3.63, 3.8) is 0 Å². The normalized spacial score (nSPS) is 10.7. The van der Waals surface area contributed by atoms with E-state index in [2.05, 4.69) is 4.57 Å². The molecule has 0 aliphatic carbocycles. The highest BCUT2D eigenvalue weighted by molar-refractivity contribution is 6.30. The van der Waals surface area contributed by atoms with Crippen molar-refractivity contribution in [3.8, 4) is 16.9 Å². The lowest BCUT2D eigenvalue weighted by Gasteiger charge is -2.14. The lowest BCUT2D eigenvalue weighted by molar-refractivity contribution is -0.305. The van der Waals surface area contributed by atoms with Crippen LogP contribution in [0.15, 0.2) is 66.7 Å². The average molecular weight is 325 g/mol. The van der Waals surface area contributed by atoms with Gasteiger partial charge >= 0.3 is 0 Å². The summed E-state index contributed by atoms with van der Waals surface area (Å²) < 4.78 is 2.06. The van der Waals surface area contributed by atoms with Crippen LogP contribution >= 0.6 is 11.6 Å². The van der Waals surface area contributed by atoms with Gasteiger partial charge in [-0.3, -0.25) is 0 Å². The van der Waals surface area contributed by atoms with Gasteiger partial charge in [0.2, 0.25) is 0 Å². The first-order valence-electron chi connectivity index (χ1n) is 7.37. The van der Waals surface area contributed by atoms with Crippen LogP contribution in [-0.4, -0.2) is 10.5 Å². The molecule has 116 valence electrons. The molecule has 0 fully saturated rings. The van der Waals surface area contributed by atoms with Gasteiger partial charge in [0.25, 0.3) is 0 Å². The zero-order chi connectivity index (χ0) is 16.2. The number of aliphatic carboxylic acids is 1. The van der Waals surface area contributed by atoms with Gasteiger partial charge in [0.15, 0.2) is 0 Å². The number of benzene rings is 2. The fraction of sp³-hybridized carbons (Fsp3) is 0.105. The van der Waals surface area contributed by atoms with E-state index in [1.807, 2.05) is 66.7 Å². The zero-order valence-corrected chi connectivity index (χ0v) is 13.2.